The van der Waals surface area contributed by atoms with Crippen LogP contribution in [0.15, 0.2) is 24.3 Å². The number of benzene rings is 1. The molecule has 6 nitrogen and oxygen atoms in total. The number of hydrogen-bond donors (Lipinski definition) is 3. The summed E-state index contributed by atoms with van der Waals surface area (Å²) in [5.74, 6) is -0.112. The molecule has 1 aliphatic heterocycles. The monoisotopic (exact) mass is 377 g/mol. The lowest BCUT2D eigenvalue weighted by molar-refractivity contribution is 0.0944. The van der Waals surface area contributed by atoms with Gasteiger partial charge in [-0.3, -0.25) is 14.8 Å². The Hall–Kier alpha value is -1.89. The molecule has 0 saturated carbocycles. The molecule has 3 N–H and O–H groups in total. The summed E-state index contributed by atoms with van der Waals surface area (Å²) in [6, 6.07) is 8.30. The van der Waals surface area contributed by atoms with Gasteiger partial charge >= 0.3 is 0 Å². The zero-order chi connectivity index (χ0) is 17.6. The lowest BCUT2D eigenvalue weighted by Gasteiger charge is -2.20. The number of nitrogens with zero attached hydrogens (tertiary/aromatic N) is 2. The molecule has 1 aromatic carbocycles. The molecule has 26 heavy (non-hydrogen) atoms. The number of aromatic amines is 1. The van der Waals surface area contributed by atoms with E-state index in [-0.39, 0.29) is 18.3 Å². The summed E-state index contributed by atoms with van der Waals surface area (Å²) in [5.41, 5.74) is 5.01. The average Bonchev–Trinajstić information content (AvgIpc) is 3.09. The Morgan fingerprint density at radius 1 is 1.23 bits per heavy atom. The molecule has 3 rings (SSSR count). The van der Waals surface area contributed by atoms with Crippen molar-refractivity contribution in [1.82, 2.24) is 25.7 Å². The molecule has 0 unspecified atom stereocenters. The van der Waals surface area contributed by atoms with Crippen LogP contribution >= 0.6 is 12.4 Å². The van der Waals surface area contributed by atoms with E-state index < -0.39 is 0 Å². The van der Waals surface area contributed by atoms with Crippen LogP contribution in [0.25, 0.3) is 0 Å². The van der Waals surface area contributed by atoms with Crippen LogP contribution in [0.3, 0.4) is 0 Å². The van der Waals surface area contributed by atoms with E-state index in [1.165, 1.54) is 5.56 Å². The van der Waals surface area contributed by atoms with Crippen LogP contribution < -0.4 is 10.6 Å². The van der Waals surface area contributed by atoms with Crippen LogP contribution in [0.1, 0.15) is 46.7 Å². The third-order valence-electron chi connectivity index (χ3n) is 4.87. The average molecular weight is 378 g/mol. The molecule has 0 bridgehead atoms. The fourth-order valence-electron chi connectivity index (χ4n) is 3.24. The molecular weight excluding hydrogens is 350 g/mol. The van der Waals surface area contributed by atoms with Crippen molar-refractivity contribution in [1.29, 1.82) is 0 Å². The molecule has 0 radical (unpaired) electrons. The zero-order valence-electron chi connectivity index (χ0n) is 15.5. The van der Waals surface area contributed by atoms with Gasteiger partial charge in [-0.25, -0.2) is 0 Å². The summed E-state index contributed by atoms with van der Waals surface area (Å²) in [4.78, 5) is 14.9. The summed E-state index contributed by atoms with van der Waals surface area (Å²) in [5, 5.41) is 13.6. The molecule has 142 valence electrons. The van der Waals surface area contributed by atoms with E-state index >= 15 is 0 Å². The van der Waals surface area contributed by atoms with E-state index in [0.29, 0.717) is 18.8 Å². The standard InChI is InChI=1S/C19H27N5O.ClH/c1-3-24(4-2)13-15-8-6-5-7-14(15)11-21-19(25)18-16-12-20-10-9-17(16)22-23-18;/h5-8,20H,3-4,9-13H2,1-2H3,(H,21,25)(H,22,23);1H. The summed E-state index contributed by atoms with van der Waals surface area (Å²) in [7, 11) is 0. The second-order valence-electron chi connectivity index (χ2n) is 6.37. The maximum absolute atomic E-state index is 12.6. The van der Waals surface area contributed by atoms with Gasteiger partial charge in [0.1, 0.15) is 0 Å². The first kappa shape index (κ1) is 20.4. The molecular formula is C19H28ClN5O. The van der Waals surface area contributed by atoms with Gasteiger partial charge in [0.25, 0.3) is 5.91 Å². The van der Waals surface area contributed by atoms with Gasteiger partial charge in [-0.05, 0) is 24.2 Å². The van der Waals surface area contributed by atoms with Crippen LogP contribution in [0, 0.1) is 0 Å². The maximum Gasteiger partial charge on any atom is 0.272 e. The number of nitrogens with one attached hydrogen (secondary N) is 3. The number of halogens is 1. The lowest BCUT2D eigenvalue weighted by atomic mass is 10.1. The Balaban J connectivity index is 0.00000243. The van der Waals surface area contributed by atoms with Gasteiger partial charge in [0, 0.05) is 43.9 Å². The Kier molecular flexibility index (Phi) is 7.63. The van der Waals surface area contributed by atoms with Crippen LogP contribution in [-0.4, -0.2) is 40.6 Å². The van der Waals surface area contributed by atoms with Gasteiger partial charge in [-0.1, -0.05) is 38.1 Å². The van der Waals surface area contributed by atoms with Gasteiger partial charge in [0.2, 0.25) is 0 Å². The van der Waals surface area contributed by atoms with Crippen LogP contribution in [0.5, 0.6) is 0 Å². The molecule has 1 aliphatic rings. The highest BCUT2D eigenvalue weighted by Crippen LogP contribution is 2.16. The molecule has 1 aromatic heterocycles. The smallest absolute Gasteiger partial charge is 0.272 e. The third-order valence-corrected chi connectivity index (χ3v) is 4.87. The number of rotatable bonds is 7. The van der Waals surface area contributed by atoms with Crippen LogP contribution in [-0.2, 0) is 26.1 Å². The number of H-pyrrole nitrogens is 1. The molecule has 0 spiro atoms. The number of carbonyl (C=O) groups excluding carboxylic acids is 1. The van der Waals surface area contributed by atoms with Crippen LogP contribution in [0.2, 0.25) is 0 Å². The topological polar surface area (TPSA) is 73.0 Å². The first-order valence-corrected chi connectivity index (χ1v) is 9.07. The minimum Gasteiger partial charge on any atom is -0.347 e. The number of fused-ring (bicyclic) bond motifs is 1. The summed E-state index contributed by atoms with van der Waals surface area (Å²) in [6.45, 7) is 9.42. The number of hydrogen-bond acceptors (Lipinski definition) is 4. The maximum atomic E-state index is 12.6. The first-order chi connectivity index (χ1) is 12.2. The second kappa shape index (κ2) is 9.71. The number of aromatic nitrogens is 2. The SMILES string of the molecule is CCN(CC)Cc1ccccc1CNC(=O)c1n[nH]c2c1CNCC2.Cl. The highest BCUT2D eigenvalue weighted by atomic mass is 35.5. The normalized spacial score (nSPS) is 13.2. The molecule has 0 fully saturated rings. The molecule has 7 heteroatoms. The Morgan fingerprint density at radius 2 is 1.96 bits per heavy atom. The van der Waals surface area contributed by atoms with Crippen molar-refractivity contribution in [3.05, 3.63) is 52.3 Å². The Labute approximate surface area is 161 Å². The fraction of sp³-hybridized carbons (Fsp3) is 0.474. The van der Waals surface area contributed by atoms with E-state index in [1.54, 1.807) is 0 Å². The summed E-state index contributed by atoms with van der Waals surface area (Å²) >= 11 is 0. The molecule has 2 aromatic rings. The van der Waals surface area contributed by atoms with Crippen molar-refractivity contribution in [3.63, 3.8) is 0 Å². The largest absolute Gasteiger partial charge is 0.347 e. The van der Waals surface area contributed by atoms with Crippen molar-refractivity contribution >= 4 is 18.3 Å². The van der Waals surface area contributed by atoms with Crippen molar-refractivity contribution in [2.24, 2.45) is 0 Å². The minimum absolute atomic E-state index is 0. The number of amides is 1. The van der Waals surface area contributed by atoms with E-state index in [2.05, 4.69) is 57.8 Å². The molecule has 0 atom stereocenters. The van der Waals surface area contributed by atoms with Gasteiger partial charge in [0.15, 0.2) is 5.69 Å². The summed E-state index contributed by atoms with van der Waals surface area (Å²) in [6.07, 6.45) is 0.891. The molecule has 0 aliphatic carbocycles. The van der Waals surface area contributed by atoms with Gasteiger partial charge < -0.3 is 10.6 Å². The van der Waals surface area contributed by atoms with Gasteiger partial charge in [-0.15, -0.1) is 12.4 Å². The number of carbonyl (C=O) groups is 1. The summed E-state index contributed by atoms with van der Waals surface area (Å²) < 4.78 is 0. The van der Waals surface area contributed by atoms with Gasteiger partial charge in [-0.2, -0.15) is 5.10 Å². The predicted octanol–water partition coefficient (Wildman–Crippen LogP) is 2.25. The van der Waals surface area contributed by atoms with E-state index in [9.17, 15) is 4.79 Å². The van der Waals surface area contributed by atoms with Gasteiger partial charge in [0.05, 0.1) is 0 Å². The fourth-order valence-corrected chi connectivity index (χ4v) is 3.24. The third kappa shape index (κ3) is 4.63. The zero-order valence-corrected chi connectivity index (χ0v) is 16.3. The molecule has 0 saturated heterocycles. The van der Waals surface area contributed by atoms with Crippen molar-refractivity contribution in [3.8, 4) is 0 Å². The van der Waals surface area contributed by atoms with Crippen LogP contribution in [0.4, 0.5) is 0 Å². The van der Waals surface area contributed by atoms with Crippen molar-refractivity contribution in [2.75, 3.05) is 19.6 Å². The second-order valence-corrected chi connectivity index (χ2v) is 6.37. The quantitative estimate of drug-likeness (QED) is 0.692. The van der Waals surface area contributed by atoms with E-state index in [4.69, 9.17) is 0 Å². The Morgan fingerprint density at radius 3 is 2.69 bits per heavy atom. The molecule has 2 heterocycles. The van der Waals surface area contributed by atoms with Crippen molar-refractivity contribution in [2.45, 2.75) is 39.9 Å². The highest BCUT2D eigenvalue weighted by molar-refractivity contribution is 5.94. The molecule has 1 amide bonds. The predicted molar refractivity (Wildman–Crippen MR) is 105 cm³/mol. The van der Waals surface area contributed by atoms with E-state index in [1.807, 2.05) is 6.07 Å². The highest BCUT2D eigenvalue weighted by Gasteiger charge is 2.21. The minimum atomic E-state index is -0.112. The lowest BCUT2D eigenvalue weighted by Crippen LogP contribution is -2.29. The first-order valence-electron chi connectivity index (χ1n) is 9.07. The van der Waals surface area contributed by atoms with Crippen molar-refractivity contribution < 1.29 is 4.79 Å². The Bertz CT molecular complexity index is 726. The van der Waals surface area contributed by atoms with E-state index in [0.717, 1.165) is 49.4 Å².